The first kappa shape index (κ1) is 13.7. The Hall–Kier alpha value is -0.320. The Labute approximate surface area is 126 Å². The average molecular weight is 348 g/mol. The lowest BCUT2D eigenvalue weighted by molar-refractivity contribution is 0.188. The van der Waals surface area contributed by atoms with E-state index in [4.69, 9.17) is 11.6 Å². The predicted molar refractivity (Wildman–Crippen MR) is 80.3 cm³/mol. The van der Waals surface area contributed by atoms with Crippen LogP contribution in [-0.4, -0.2) is 30.1 Å². The number of hydrogen-bond donors (Lipinski definition) is 1. The number of benzene rings is 1. The highest BCUT2D eigenvalue weighted by atomic mass is 79.9. The second-order valence-corrected chi connectivity index (χ2v) is 6.70. The maximum absolute atomic E-state index is 13.2. The van der Waals surface area contributed by atoms with Crippen molar-refractivity contribution in [3.8, 4) is 0 Å². The average Bonchev–Trinajstić information content (AvgIpc) is 2.81. The molecule has 1 aromatic rings. The van der Waals surface area contributed by atoms with E-state index in [9.17, 15) is 4.39 Å². The second kappa shape index (κ2) is 5.58. The van der Waals surface area contributed by atoms with Crippen LogP contribution in [0.25, 0.3) is 0 Å². The highest BCUT2D eigenvalue weighted by Crippen LogP contribution is 2.35. The summed E-state index contributed by atoms with van der Waals surface area (Å²) in [5, 5.41) is 3.93. The summed E-state index contributed by atoms with van der Waals surface area (Å²) >= 11 is 9.51. The van der Waals surface area contributed by atoms with Crippen molar-refractivity contribution in [1.29, 1.82) is 0 Å². The van der Waals surface area contributed by atoms with E-state index in [0.29, 0.717) is 21.6 Å². The van der Waals surface area contributed by atoms with Crippen molar-refractivity contribution in [2.75, 3.05) is 18.4 Å². The van der Waals surface area contributed by atoms with Gasteiger partial charge in [-0.2, -0.15) is 0 Å². The minimum atomic E-state index is -0.312. The molecule has 104 valence electrons. The van der Waals surface area contributed by atoms with Gasteiger partial charge in [0.25, 0.3) is 0 Å². The van der Waals surface area contributed by atoms with E-state index in [1.165, 1.54) is 31.5 Å². The number of nitrogens with one attached hydrogen (secondary N) is 1. The van der Waals surface area contributed by atoms with Crippen molar-refractivity contribution in [3.63, 3.8) is 0 Å². The lowest BCUT2D eigenvalue weighted by Crippen LogP contribution is -2.42. The van der Waals surface area contributed by atoms with Gasteiger partial charge < -0.3 is 10.2 Å². The summed E-state index contributed by atoms with van der Waals surface area (Å²) in [6.07, 6.45) is 4.89. The van der Waals surface area contributed by atoms with Crippen molar-refractivity contribution in [1.82, 2.24) is 4.90 Å². The molecule has 2 aliphatic heterocycles. The summed E-state index contributed by atoms with van der Waals surface area (Å²) < 4.78 is 13.9. The van der Waals surface area contributed by atoms with Gasteiger partial charge in [0.05, 0.1) is 10.7 Å². The van der Waals surface area contributed by atoms with Crippen LogP contribution < -0.4 is 5.32 Å². The lowest BCUT2D eigenvalue weighted by Gasteiger charge is -2.35. The van der Waals surface area contributed by atoms with Crippen LogP contribution >= 0.6 is 27.5 Å². The topological polar surface area (TPSA) is 15.3 Å². The van der Waals surface area contributed by atoms with Crippen LogP contribution in [0.5, 0.6) is 0 Å². The van der Waals surface area contributed by atoms with Crippen molar-refractivity contribution in [3.05, 3.63) is 27.4 Å². The number of fused-ring (bicyclic) bond motifs is 1. The zero-order chi connectivity index (χ0) is 13.4. The monoisotopic (exact) mass is 346 g/mol. The fourth-order valence-corrected chi connectivity index (χ4v) is 4.16. The van der Waals surface area contributed by atoms with Crippen LogP contribution in [0.15, 0.2) is 16.6 Å². The minimum absolute atomic E-state index is 0.312. The normalized spacial score (nSPS) is 27.3. The fourth-order valence-electron chi connectivity index (χ4n) is 3.24. The van der Waals surface area contributed by atoms with E-state index in [-0.39, 0.29) is 5.82 Å². The van der Waals surface area contributed by atoms with Gasteiger partial charge in [-0.1, -0.05) is 11.6 Å². The smallest absolute Gasteiger partial charge is 0.125 e. The highest BCUT2D eigenvalue weighted by molar-refractivity contribution is 9.10. The van der Waals surface area contributed by atoms with Gasteiger partial charge in [0.15, 0.2) is 0 Å². The maximum Gasteiger partial charge on any atom is 0.125 e. The van der Waals surface area contributed by atoms with E-state index in [1.807, 2.05) is 0 Å². The molecule has 2 saturated heterocycles. The Kier molecular flexibility index (Phi) is 4.01. The maximum atomic E-state index is 13.2. The molecule has 19 heavy (non-hydrogen) atoms. The summed E-state index contributed by atoms with van der Waals surface area (Å²) in [4.78, 5) is 2.58. The Morgan fingerprint density at radius 3 is 2.95 bits per heavy atom. The fraction of sp³-hybridized carbons (Fsp3) is 0.571. The molecule has 2 unspecified atom stereocenters. The Bertz CT molecular complexity index is 460. The summed E-state index contributed by atoms with van der Waals surface area (Å²) in [5.41, 5.74) is 0.819. The van der Waals surface area contributed by atoms with Crippen LogP contribution in [-0.2, 0) is 0 Å². The Morgan fingerprint density at radius 1 is 1.32 bits per heavy atom. The molecule has 2 atom stereocenters. The first-order valence-electron chi connectivity index (χ1n) is 6.78. The molecule has 0 aliphatic carbocycles. The van der Waals surface area contributed by atoms with E-state index in [2.05, 4.69) is 26.1 Å². The molecule has 1 N–H and O–H groups in total. The molecule has 2 fully saturated rings. The predicted octanol–water partition coefficient (Wildman–Crippen LogP) is 4.28. The molecule has 0 radical (unpaired) electrons. The van der Waals surface area contributed by atoms with Crippen molar-refractivity contribution in [2.24, 2.45) is 0 Å². The van der Waals surface area contributed by atoms with Crippen LogP contribution in [0.1, 0.15) is 25.7 Å². The first-order chi connectivity index (χ1) is 9.13. The van der Waals surface area contributed by atoms with Crippen molar-refractivity contribution in [2.45, 2.75) is 37.8 Å². The lowest BCUT2D eigenvalue weighted by atomic mass is 9.97. The largest absolute Gasteiger partial charge is 0.380 e. The van der Waals surface area contributed by atoms with Crippen LogP contribution in [0.3, 0.4) is 0 Å². The molecule has 2 heterocycles. The van der Waals surface area contributed by atoms with Crippen LogP contribution in [0.4, 0.5) is 10.1 Å². The number of anilines is 1. The first-order valence-corrected chi connectivity index (χ1v) is 7.95. The summed E-state index contributed by atoms with van der Waals surface area (Å²) in [5.74, 6) is -0.312. The van der Waals surface area contributed by atoms with Gasteiger partial charge >= 0.3 is 0 Å². The number of hydrogen-bond acceptors (Lipinski definition) is 2. The third-order valence-corrected chi connectivity index (χ3v) is 5.10. The molecule has 3 rings (SSSR count). The van der Waals surface area contributed by atoms with Crippen molar-refractivity contribution < 1.29 is 4.39 Å². The van der Waals surface area contributed by atoms with E-state index in [1.54, 1.807) is 0 Å². The van der Waals surface area contributed by atoms with E-state index >= 15 is 0 Å². The number of rotatable bonds is 2. The summed E-state index contributed by atoms with van der Waals surface area (Å²) in [7, 11) is 0. The zero-order valence-corrected chi connectivity index (χ0v) is 13.0. The molecule has 2 nitrogen and oxygen atoms in total. The molecule has 2 aliphatic rings. The number of nitrogens with zero attached hydrogens (tertiary/aromatic N) is 1. The van der Waals surface area contributed by atoms with Gasteiger partial charge in [0, 0.05) is 23.1 Å². The molecule has 0 aromatic heterocycles. The van der Waals surface area contributed by atoms with Gasteiger partial charge in [-0.25, -0.2) is 4.39 Å². The highest BCUT2D eigenvalue weighted by Gasteiger charge is 2.31. The minimum Gasteiger partial charge on any atom is -0.380 e. The van der Waals surface area contributed by atoms with Crippen LogP contribution in [0.2, 0.25) is 5.02 Å². The Balaban J connectivity index is 1.72. The molecule has 0 bridgehead atoms. The van der Waals surface area contributed by atoms with Crippen molar-refractivity contribution >= 4 is 33.2 Å². The molecule has 5 heteroatoms. The Morgan fingerprint density at radius 2 is 2.16 bits per heavy atom. The molecular formula is C14H17BrClFN2. The quantitative estimate of drug-likeness (QED) is 0.859. The SMILES string of the molecule is Fc1cc(Cl)c(NC2CCN3CCCC3C2)c(Br)c1. The van der Waals surface area contributed by atoms with E-state index < -0.39 is 0 Å². The third kappa shape index (κ3) is 2.91. The molecule has 1 aromatic carbocycles. The van der Waals surface area contributed by atoms with Crippen LogP contribution in [0, 0.1) is 5.82 Å². The summed E-state index contributed by atoms with van der Waals surface area (Å²) in [6.45, 7) is 2.40. The molecule has 0 spiro atoms. The number of piperidine rings is 1. The second-order valence-electron chi connectivity index (χ2n) is 5.44. The number of halogens is 3. The third-order valence-electron chi connectivity index (χ3n) is 4.18. The molecular weight excluding hydrogens is 331 g/mol. The van der Waals surface area contributed by atoms with Gasteiger partial charge in [0.2, 0.25) is 0 Å². The molecule has 0 saturated carbocycles. The van der Waals surface area contributed by atoms with Gasteiger partial charge in [-0.15, -0.1) is 0 Å². The van der Waals surface area contributed by atoms with Gasteiger partial charge in [0.1, 0.15) is 5.82 Å². The summed E-state index contributed by atoms with van der Waals surface area (Å²) in [6, 6.07) is 3.96. The van der Waals surface area contributed by atoms with E-state index in [0.717, 1.165) is 25.1 Å². The van der Waals surface area contributed by atoms with Gasteiger partial charge in [-0.3, -0.25) is 0 Å². The standard InChI is InChI=1S/C14H17BrClFN2/c15-12-6-9(17)7-13(16)14(12)18-10-3-5-19-4-1-2-11(19)8-10/h6-7,10-11,18H,1-5,8H2. The zero-order valence-electron chi connectivity index (χ0n) is 10.6. The van der Waals surface area contributed by atoms with Gasteiger partial charge in [-0.05, 0) is 60.3 Å². The molecule has 0 amide bonds.